The van der Waals surface area contributed by atoms with Crippen molar-refractivity contribution in [2.45, 2.75) is 9.79 Å². The van der Waals surface area contributed by atoms with Crippen LogP contribution in [0, 0.1) is 11.3 Å². The molecule has 146 valence electrons. The molecule has 0 unspecified atom stereocenters. The minimum absolute atomic E-state index is 0.0350. The number of fused-ring (bicyclic) bond motifs is 1. The molecule has 0 spiro atoms. The molecule has 2 aromatic carbocycles. The van der Waals surface area contributed by atoms with Crippen molar-refractivity contribution in [2.24, 2.45) is 0 Å². The number of nitrogens with zero attached hydrogens (tertiary/aromatic N) is 2. The molecule has 0 atom stereocenters. The molecule has 1 aromatic heterocycles. The first kappa shape index (κ1) is 19.8. The van der Waals surface area contributed by atoms with Crippen molar-refractivity contribution >= 4 is 32.5 Å². The average Bonchev–Trinajstić information content (AvgIpc) is 2.72. The maximum absolute atomic E-state index is 12.8. The SMILES string of the molecule is N#Cc1nc(C(=O)NCC(=O)O)c(O)c2cc(S(=O)(=O)c3ccccc3)ccc12. The number of amides is 1. The second-order valence-electron chi connectivity index (χ2n) is 5.87. The number of benzene rings is 2. The Morgan fingerprint density at radius 2 is 1.76 bits per heavy atom. The largest absolute Gasteiger partial charge is 0.505 e. The van der Waals surface area contributed by atoms with E-state index in [1.54, 1.807) is 24.3 Å². The molecule has 0 aliphatic heterocycles. The van der Waals surface area contributed by atoms with Crippen molar-refractivity contribution < 1.29 is 28.2 Å². The predicted molar refractivity (Wildman–Crippen MR) is 100.0 cm³/mol. The average molecular weight is 411 g/mol. The molecule has 9 nitrogen and oxygen atoms in total. The van der Waals surface area contributed by atoms with Gasteiger partial charge in [-0.15, -0.1) is 0 Å². The van der Waals surface area contributed by atoms with Gasteiger partial charge in [0.25, 0.3) is 5.91 Å². The number of carbonyl (C=O) groups is 2. The molecule has 1 amide bonds. The van der Waals surface area contributed by atoms with E-state index < -0.39 is 39.7 Å². The van der Waals surface area contributed by atoms with Crippen LogP contribution >= 0.6 is 0 Å². The summed E-state index contributed by atoms with van der Waals surface area (Å²) in [5.41, 5.74) is -0.800. The van der Waals surface area contributed by atoms with Gasteiger partial charge in [-0.05, 0) is 24.3 Å². The Bertz CT molecular complexity index is 1280. The third-order valence-electron chi connectivity index (χ3n) is 4.03. The highest BCUT2D eigenvalue weighted by Gasteiger charge is 2.23. The minimum Gasteiger partial charge on any atom is -0.505 e. The number of carboxylic acids is 1. The van der Waals surface area contributed by atoms with E-state index in [0.29, 0.717) is 0 Å². The summed E-state index contributed by atoms with van der Waals surface area (Å²) < 4.78 is 25.7. The smallest absolute Gasteiger partial charge is 0.322 e. The first-order chi connectivity index (χ1) is 13.8. The zero-order valence-corrected chi connectivity index (χ0v) is 15.5. The van der Waals surface area contributed by atoms with Crippen LogP contribution in [0.15, 0.2) is 58.3 Å². The number of aromatic nitrogens is 1. The second-order valence-corrected chi connectivity index (χ2v) is 7.82. The topological polar surface area (TPSA) is 157 Å². The molecule has 0 saturated heterocycles. The number of sulfone groups is 1. The van der Waals surface area contributed by atoms with Gasteiger partial charge in [-0.1, -0.05) is 24.3 Å². The summed E-state index contributed by atoms with van der Waals surface area (Å²) in [6, 6.07) is 13.1. The van der Waals surface area contributed by atoms with E-state index in [-0.39, 0.29) is 26.3 Å². The van der Waals surface area contributed by atoms with Crippen LogP contribution in [-0.2, 0) is 14.6 Å². The molecule has 0 aliphatic rings. The fourth-order valence-electron chi connectivity index (χ4n) is 2.66. The Morgan fingerprint density at radius 3 is 2.38 bits per heavy atom. The van der Waals surface area contributed by atoms with Crippen LogP contribution in [-0.4, -0.2) is 42.0 Å². The summed E-state index contributed by atoms with van der Waals surface area (Å²) in [5, 5.41) is 30.6. The standard InChI is InChI=1S/C19H13N3O6S/c20-9-15-13-7-6-12(29(27,28)11-4-2-1-3-5-11)8-14(13)18(25)17(22-15)19(26)21-10-16(23)24/h1-8,25H,10H2,(H,21,26)(H,23,24). The van der Waals surface area contributed by atoms with Crippen LogP contribution in [0.2, 0.25) is 0 Å². The molecule has 0 radical (unpaired) electrons. The predicted octanol–water partition coefficient (Wildman–Crippen LogP) is 1.46. The number of nitrogens with one attached hydrogen (secondary N) is 1. The number of aromatic hydroxyl groups is 1. The number of rotatable bonds is 5. The van der Waals surface area contributed by atoms with Crippen molar-refractivity contribution in [1.29, 1.82) is 5.26 Å². The zero-order chi connectivity index (χ0) is 21.2. The summed E-state index contributed by atoms with van der Waals surface area (Å²) >= 11 is 0. The molecule has 0 fully saturated rings. The van der Waals surface area contributed by atoms with Gasteiger partial charge in [-0.2, -0.15) is 5.26 Å². The molecule has 3 aromatic rings. The van der Waals surface area contributed by atoms with Crippen molar-refractivity contribution in [3.8, 4) is 11.8 Å². The number of carbonyl (C=O) groups excluding carboxylic acids is 1. The van der Waals surface area contributed by atoms with Gasteiger partial charge < -0.3 is 15.5 Å². The van der Waals surface area contributed by atoms with Crippen LogP contribution in [0.5, 0.6) is 5.75 Å². The third kappa shape index (κ3) is 3.71. The number of hydrogen-bond acceptors (Lipinski definition) is 7. The normalized spacial score (nSPS) is 11.0. The lowest BCUT2D eigenvalue weighted by Gasteiger charge is -2.11. The Balaban J connectivity index is 2.19. The molecule has 1 heterocycles. The number of aliphatic carboxylic acids is 1. The maximum atomic E-state index is 12.8. The Kier molecular flexibility index (Phi) is 5.16. The van der Waals surface area contributed by atoms with Crippen molar-refractivity contribution in [3.63, 3.8) is 0 Å². The van der Waals surface area contributed by atoms with Crippen LogP contribution in [0.1, 0.15) is 16.2 Å². The lowest BCUT2D eigenvalue weighted by atomic mass is 10.1. The number of pyridine rings is 1. The first-order valence-electron chi connectivity index (χ1n) is 8.12. The molecule has 29 heavy (non-hydrogen) atoms. The summed E-state index contributed by atoms with van der Waals surface area (Å²) in [7, 11) is -3.91. The highest BCUT2D eigenvalue weighted by molar-refractivity contribution is 7.91. The second kappa shape index (κ2) is 7.57. The molecular formula is C19H13N3O6S. The van der Waals surface area contributed by atoms with Crippen LogP contribution in [0.4, 0.5) is 0 Å². The molecule has 10 heteroatoms. The van der Waals surface area contributed by atoms with Gasteiger partial charge in [-0.3, -0.25) is 9.59 Å². The van der Waals surface area contributed by atoms with Crippen molar-refractivity contribution in [1.82, 2.24) is 10.3 Å². The van der Waals surface area contributed by atoms with Crippen LogP contribution in [0.25, 0.3) is 10.8 Å². The molecule has 3 N–H and O–H groups in total. The lowest BCUT2D eigenvalue weighted by molar-refractivity contribution is -0.135. The van der Waals surface area contributed by atoms with Gasteiger partial charge in [0, 0.05) is 10.8 Å². The maximum Gasteiger partial charge on any atom is 0.322 e. The minimum atomic E-state index is -3.91. The molecule has 0 saturated carbocycles. The van der Waals surface area contributed by atoms with E-state index >= 15 is 0 Å². The molecule has 0 aliphatic carbocycles. The third-order valence-corrected chi connectivity index (χ3v) is 5.80. The van der Waals surface area contributed by atoms with E-state index in [4.69, 9.17) is 5.11 Å². The Morgan fingerprint density at radius 1 is 1.07 bits per heavy atom. The van der Waals surface area contributed by atoms with Crippen LogP contribution in [0.3, 0.4) is 0 Å². The molecule has 3 rings (SSSR count). The first-order valence-corrected chi connectivity index (χ1v) is 9.61. The summed E-state index contributed by atoms with van der Waals surface area (Å²) in [4.78, 5) is 26.5. The van der Waals surface area contributed by atoms with Gasteiger partial charge in [0.15, 0.2) is 11.4 Å². The zero-order valence-electron chi connectivity index (χ0n) is 14.7. The summed E-state index contributed by atoms with van der Waals surface area (Å²) in [5.74, 6) is -2.98. The van der Waals surface area contributed by atoms with Crippen LogP contribution < -0.4 is 5.32 Å². The summed E-state index contributed by atoms with van der Waals surface area (Å²) in [6.45, 7) is -0.720. The van der Waals surface area contributed by atoms with Gasteiger partial charge in [0.2, 0.25) is 9.84 Å². The Labute approximate surface area is 164 Å². The lowest BCUT2D eigenvalue weighted by Crippen LogP contribution is -2.30. The molecule has 0 bridgehead atoms. The number of carboxylic acid groups (broad SMARTS) is 1. The van der Waals surface area contributed by atoms with E-state index in [9.17, 15) is 28.4 Å². The molecular weight excluding hydrogens is 398 g/mol. The van der Waals surface area contributed by atoms with E-state index in [1.807, 2.05) is 5.32 Å². The highest BCUT2D eigenvalue weighted by atomic mass is 32.2. The van der Waals surface area contributed by atoms with Crippen molar-refractivity contribution in [2.75, 3.05) is 6.54 Å². The van der Waals surface area contributed by atoms with Gasteiger partial charge in [0.05, 0.1) is 9.79 Å². The van der Waals surface area contributed by atoms with E-state index in [0.717, 1.165) is 6.07 Å². The fourth-order valence-corrected chi connectivity index (χ4v) is 3.97. The highest BCUT2D eigenvalue weighted by Crippen LogP contribution is 2.33. The fraction of sp³-hybridized carbons (Fsp3) is 0.0526. The monoisotopic (exact) mass is 411 g/mol. The van der Waals surface area contributed by atoms with E-state index in [2.05, 4.69) is 4.98 Å². The van der Waals surface area contributed by atoms with Crippen molar-refractivity contribution in [3.05, 3.63) is 59.9 Å². The number of nitriles is 1. The summed E-state index contributed by atoms with van der Waals surface area (Å²) in [6.07, 6.45) is 0. The quantitative estimate of drug-likeness (QED) is 0.569. The van der Waals surface area contributed by atoms with E-state index in [1.165, 1.54) is 24.3 Å². The van der Waals surface area contributed by atoms with Gasteiger partial charge in [-0.25, -0.2) is 13.4 Å². The Hall–Kier alpha value is -3.97. The van der Waals surface area contributed by atoms with Gasteiger partial charge in [0.1, 0.15) is 18.3 Å². The number of hydrogen-bond donors (Lipinski definition) is 3. The van der Waals surface area contributed by atoms with Gasteiger partial charge >= 0.3 is 5.97 Å².